The number of nitro benzene ring substituents is 1. The summed E-state index contributed by atoms with van der Waals surface area (Å²) in [5.74, 6) is 0.105. The summed E-state index contributed by atoms with van der Waals surface area (Å²) in [6.45, 7) is 5.48. The molecule has 0 spiro atoms. The van der Waals surface area contributed by atoms with Crippen LogP contribution in [0.15, 0.2) is 12.1 Å². The molecule has 1 heterocycles. The zero-order valence-electron chi connectivity index (χ0n) is 13.2. The van der Waals surface area contributed by atoms with Crippen molar-refractivity contribution >= 4 is 17.2 Å². The highest BCUT2D eigenvalue weighted by atomic mass is 16.6. The molecule has 0 amide bonds. The minimum absolute atomic E-state index is 0.105. The number of rotatable bonds is 2. The second-order valence-electron chi connectivity index (χ2n) is 7.05. The van der Waals surface area contributed by atoms with Gasteiger partial charge in [-0.05, 0) is 30.9 Å². The van der Waals surface area contributed by atoms with Crippen LogP contribution in [0.5, 0.6) is 0 Å². The third-order valence-electron chi connectivity index (χ3n) is 4.84. The molecule has 1 fully saturated rings. The van der Waals surface area contributed by atoms with Crippen LogP contribution in [0.2, 0.25) is 0 Å². The SMILES string of the molecule is CC1(C)Cc2cc([N+](=O)[O-])c(N3CCCCCC3)cc2C1=O. The molecule has 0 atom stereocenters. The maximum absolute atomic E-state index is 12.5. The number of fused-ring (bicyclic) bond motifs is 1. The molecule has 3 rings (SSSR count). The highest BCUT2D eigenvalue weighted by Gasteiger charge is 2.39. The molecule has 118 valence electrons. The number of nitrogens with zero attached hydrogens (tertiary/aromatic N) is 2. The lowest BCUT2D eigenvalue weighted by Crippen LogP contribution is -2.25. The Hall–Kier alpha value is -1.91. The van der Waals surface area contributed by atoms with Crippen molar-refractivity contribution in [1.82, 2.24) is 0 Å². The molecule has 0 radical (unpaired) electrons. The van der Waals surface area contributed by atoms with E-state index in [1.165, 1.54) is 12.8 Å². The van der Waals surface area contributed by atoms with Crippen LogP contribution in [-0.2, 0) is 6.42 Å². The summed E-state index contributed by atoms with van der Waals surface area (Å²) < 4.78 is 0. The number of ketones is 1. The number of anilines is 1. The molecule has 1 aliphatic carbocycles. The van der Waals surface area contributed by atoms with Gasteiger partial charge in [-0.15, -0.1) is 0 Å². The van der Waals surface area contributed by atoms with Gasteiger partial charge in [0, 0.05) is 30.1 Å². The molecular formula is C17H22N2O3. The van der Waals surface area contributed by atoms with Crippen molar-refractivity contribution in [2.24, 2.45) is 5.41 Å². The fraction of sp³-hybridized carbons (Fsp3) is 0.588. The van der Waals surface area contributed by atoms with Crippen molar-refractivity contribution in [3.05, 3.63) is 33.4 Å². The first-order valence-electron chi connectivity index (χ1n) is 8.01. The molecule has 1 aliphatic heterocycles. The third kappa shape index (κ3) is 2.49. The lowest BCUT2D eigenvalue weighted by atomic mass is 9.89. The molecular weight excluding hydrogens is 280 g/mol. The Morgan fingerprint density at radius 3 is 2.36 bits per heavy atom. The third-order valence-corrected chi connectivity index (χ3v) is 4.84. The van der Waals surface area contributed by atoms with Gasteiger partial charge in [0.05, 0.1) is 4.92 Å². The first-order chi connectivity index (χ1) is 10.4. The number of Topliss-reactive ketones (excluding diaryl/α,β-unsaturated/α-hetero) is 1. The predicted octanol–water partition coefficient (Wildman–Crippen LogP) is 3.74. The summed E-state index contributed by atoms with van der Waals surface area (Å²) in [6, 6.07) is 3.40. The highest BCUT2D eigenvalue weighted by Crippen LogP contribution is 2.42. The van der Waals surface area contributed by atoms with Crippen molar-refractivity contribution in [3.63, 3.8) is 0 Å². The standard InChI is InChI=1S/C17H22N2O3/c1-17(2)11-12-9-15(19(21)22)14(10-13(12)16(17)20)18-7-5-3-4-6-8-18/h9-10H,3-8,11H2,1-2H3. The molecule has 5 heteroatoms. The maximum Gasteiger partial charge on any atom is 0.292 e. The van der Waals surface area contributed by atoms with Crippen molar-refractivity contribution in [1.29, 1.82) is 0 Å². The van der Waals surface area contributed by atoms with Gasteiger partial charge in [0.1, 0.15) is 5.69 Å². The number of carbonyl (C=O) groups is 1. The number of hydrogen-bond acceptors (Lipinski definition) is 4. The minimum atomic E-state index is -0.451. The zero-order valence-corrected chi connectivity index (χ0v) is 13.2. The van der Waals surface area contributed by atoms with Crippen molar-refractivity contribution in [2.75, 3.05) is 18.0 Å². The van der Waals surface area contributed by atoms with Gasteiger partial charge in [0.25, 0.3) is 5.69 Å². The van der Waals surface area contributed by atoms with E-state index in [4.69, 9.17) is 0 Å². The molecule has 0 aromatic heterocycles. The summed E-state index contributed by atoms with van der Waals surface area (Å²) in [5, 5.41) is 11.5. The fourth-order valence-electron chi connectivity index (χ4n) is 3.61. The van der Waals surface area contributed by atoms with Crippen LogP contribution in [0.1, 0.15) is 55.5 Å². The van der Waals surface area contributed by atoms with E-state index in [1.54, 1.807) is 12.1 Å². The molecule has 0 bridgehead atoms. The first kappa shape index (κ1) is 15.0. The monoisotopic (exact) mass is 302 g/mol. The molecule has 1 aromatic carbocycles. The van der Waals surface area contributed by atoms with Crippen LogP contribution in [-0.4, -0.2) is 23.8 Å². The van der Waals surface area contributed by atoms with E-state index in [0.29, 0.717) is 17.7 Å². The Balaban J connectivity index is 2.08. The lowest BCUT2D eigenvalue weighted by Gasteiger charge is -2.23. The number of benzene rings is 1. The van der Waals surface area contributed by atoms with Crippen LogP contribution in [0.25, 0.3) is 0 Å². The van der Waals surface area contributed by atoms with Crippen LogP contribution in [0.4, 0.5) is 11.4 Å². The average molecular weight is 302 g/mol. The summed E-state index contributed by atoms with van der Waals surface area (Å²) in [7, 11) is 0. The van der Waals surface area contributed by atoms with Gasteiger partial charge in [-0.3, -0.25) is 14.9 Å². The van der Waals surface area contributed by atoms with E-state index in [9.17, 15) is 14.9 Å². The van der Waals surface area contributed by atoms with Crippen LogP contribution in [0.3, 0.4) is 0 Å². The Labute approximate surface area is 130 Å². The molecule has 2 aliphatic rings. The Bertz CT molecular complexity index is 629. The predicted molar refractivity (Wildman–Crippen MR) is 85.6 cm³/mol. The molecule has 0 unspecified atom stereocenters. The summed E-state index contributed by atoms with van der Waals surface area (Å²) in [5.41, 5.74) is 1.81. The average Bonchev–Trinajstić information content (AvgIpc) is 2.67. The number of hydrogen-bond donors (Lipinski definition) is 0. The van der Waals surface area contributed by atoms with Gasteiger partial charge >= 0.3 is 0 Å². The molecule has 0 N–H and O–H groups in total. The molecule has 0 saturated carbocycles. The lowest BCUT2D eigenvalue weighted by molar-refractivity contribution is -0.384. The smallest absolute Gasteiger partial charge is 0.292 e. The van der Waals surface area contributed by atoms with E-state index >= 15 is 0 Å². The van der Waals surface area contributed by atoms with Gasteiger partial charge in [0.15, 0.2) is 5.78 Å². The number of nitro groups is 1. The van der Waals surface area contributed by atoms with Crippen molar-refractivity contribution < 1.29 is 9.72 Å². The highest BCUT2D eigenvalue weighted by molar-refractivity contribution is 6.05. The second kappa shape index (κ2) is 5.38. The van der Waals surface area contributed by atoms with Crippen LogP contribution < -0.4 is 4.90 Å². The maximum atomic E-state index is 12.5. The topological polar surface area (TPSA) is 63.5 Å². The number of carbonyl (C=O) groups excluding carboxylic acids is 1. The quantitative estimate of drug-likeness (QED) is 0.616. The Morgan fingerprint density at radius 2 is 1.77 bits per heavy atom. The molecule has 1 aromatic rings. The zero-order chi connectivity index (χ0) is 15.9. The second-order valence-corrected chi connectivity index (χ2v) is 7.05. The van der Waals surface area contributed by atoms with Gasteiger partial charge in [-0.1, -0.05) is 26.7 Å². The molecule has 5 nitrogen and oxygen atoms in total. The Kier molecular flexibility index (Phi) is 3.67. The summed E-state index contributed by atoms with van der Waals surface area (Å²) in [6.07, 6.45) is 5.02. The van der Waals surface area contributed by atoms with Crippen molar-refractivity contribution in [2.45, 2.75) is 46.0 Å². The van der Waals surface area contributed by atoms with E-state index in [2.05, 4.69) is 4.90 Å². The largest absolute Gasteiger partial charge is 0.366 e. The minimum Gasteiger partial charge on any atom is -0.366 e. The van der Waals surface area contributed by atoms with Gasteiger partial charge in [-0.25, -0.2) is 0 Å². The fourth-order valence-corrected chi connectivity index (χ4v) is 3.61. The van der Waals surface area contributed by atoms with E-state index in [0.717, 1.165) is 31.5 Å². The molecule has 1 saturated heterocycles. The van der Waals surface area contributed by atoms with E-state index in [-0.39, 0.29) is 16.4 Å². The normalized spacial score (nSPS) is 20.6. The first-order valence-corrected chi connectivity index (χ1v) is 8.01. The van der Waals surface area contributed by atoms with E-state index < -0.39 is 5.41 Å². The summed E-state index contributed by atoms with van der Waals surface area (Å²) in [4.78, 5) is 25.8. The summed E-state index contributed by atoms with van der Waals surface area (Å²) >= 11 is 0. The van der Waals surface area contributed by atoms with E-state index in [1.807, 2.05) is 13.8 Å². The van der Waals surface area contributed by atoms with Crippen molar-refractivity contribution in [3.8, 4) is 0 Å². The van der Waals surface area contributed by atoms with Gasteiger partial charge in [-0.2, -0.15) is 0 Å². The van der Waals surface area contributed by atoms with Crippen LogP contribution in [0, 0.1) is 15.5 Å². The van der Waals surface area contributed by atoms with Gasteiger partial charge < -0.3 is 4.90 Å². The van der Waals surface area contributed by atoms with Crippen LogP contribution >= 0.6 is 0 Å². The molecule has 22 heavy (non-hydrogen) atoms. The van der Waals surface area contributed by atoms with Gasteiger partial charge in [0.2, 0.25) is 0 Å². The Morgan fingerprint density at radius 1 is 1.14 bits per heavy atom.